The average Bonchev–Trinajstić information content (AvgIpc) is 2.48. The van der Waals surface area contributed by atoms with Gasteiger partial charge in [0.25, 0.3) is 0 Å². The average molecular weight is 277 g/mol. The maximum atomic E-state index is 11.6. The molecule has 2 rings (SSSR count). The van der Waals surface area contributed by atoms with Crippen molar-refractivity contribution in [3.05, 3.63) is 35.9 Å². The van der Waals surface area contributed by atoms with Crippen LogP contribution < -0.4 is 5.32 Å². The molecular weight excluding hydrogens is 254 g/mol. The normalized spacial score (nSPS) is 22.4. The Morgan fingerprint density at radius 2 is 2.00 bits per heavy atom. The maximum Gasteiger partial charge on any atom is 0.246 e. The van der Waals surface area contributed by atoms with Crippen LogP contribution in [-0.4, -0.2) is 31.8 Å². The lowest BCUT2D eigenvalue weighted by Crippen LogP contribution is -2.47. The molecule has 110 valence electrons. The van der Waals surface area contributed by atoms with Gasteiger partial charge in [-0.3, -0.25) is 4.79 Å². The van der Waals surface area contributed by atoms with Gasteiger partial charge in [0, 0.05) is 7.11 Å². The Balaban J connectivity index is 1.85. The smallest absolute Gasteiger partial charge is 0.246 e. The van der Waals surface area contributed by atoms with Crippen molar-refractivity contribution in [2.75, 3.05) is 13.7 Å². The lowest BCUT2D eigenvalue weighted by molar-refractivity contribution is -0.127. The monoisotopic (exact) mass is 277 g/mol. The predicted octanol–water partition coefficient (Wildman–Crippen LogP) is 2.28. The lowest BCUT2D eigenvalue weighted by Gasteiger charge is -2.32. The summed E-state index contributed by atoms with van der Waals surface area (Å²) in [5.74, 6) is -0.0623. The van der Waals surface area contributed by atoms with Crippen LogP contribution in [0.3, 0.4) is 0 Å². The molecule has 1 aromatic carbocycles. The third kappa shape index (κ3) is 4.62. The van der Waals surface area contributed by atoms with E-state index in [9.17, 15) is 4.79 Å². The van der Waals surface area contributed by atoms with Crippen molar-refractivity contribution < 1.29 is 14.3 Å². The topological polar surface area (TPSA) is 47.6 Å². The molecule has 0 bridgehead atoms. The highest BCUT2D eigenvalue weighted by atomic mass is 16.5. The van der Waals surface area contributed by atoms with Crippen LogP contribution in [0.15, 0.2) is 30.3 Å². The van der Waals surface area contributed by atoms with Crippen molar-refractivity contribution in [1.82, 2.24) is 5.32 Å². The Morgan fingerprint density at radius 1 is 1.25 bits per heavy atom. The van der Waals surface area contributed by atoms with Gasteiger partial charge in [0.2, 0.25) is 5.91 Å². The van der Waals surface area contributed by atoms with Gasteiger partial charge in [0.05, 0.1) is 18.8 Å². The molecule has 0 unspecified atom stereocenters. The van der Waals surface area contributed by atoms with E-state index in [2.05, 4.69) is 17.4 Å². The summed E-state index contributed by atoms with van der Waals surface area (Å²) < 4.78 is 10.9. The van der Waals surface area contributed by atoms with E-state index in [0.29, 0.717) is 6.61 Å². The molecule has 0 radical (unpaired) electrons. The number of benzene rings is 1. The zero-order valence-corrected chi connectivity index (χ0v) is 12.0. The predicted molar refractivity (Wildman–Crippen MR) is 77.3 cm³/mol. The highest BCUT2D eigenvalue weighted by Crippen LogP contribution is 2.22. The number of nitrogens with one attached hydrogen (secondary N) is 1. The molecule has 4 heteroatoms. The molecular formula is C16H23NO3. The second-order valence-corrected chi connectivity index (χ2v) is 5.23. The molecule has 0 saturated heterocycles. The number of rotatable bonds is 6. The molecule has 0 spiro atoms. The van der Waals surface area contributed by atoms with Crippen molar-refractivity contribution in [2.24, 2.45) is 0 Å². The summed E-state index contributed by atoms with van der Waals surface area (Å²) >= 11 is 0. The van der Waals surface area contributed by atoms with Crippen molar-refractivity contribution >= 4 is 5.91 Å². The molecule has 2 atom stereocenters. The van der Waals surface area contributed by atoms with Gasteiger partial charge in [0.1, 0.15) is 6.61 Å². The van der Waals surface area contributed by atoms with E-state index in [-0.39, 0.29) is 24.7 Å². The van der Waals surface area contributed by atoms with Crippen molar-refractivity contribution in [2.45, 2.75) is 44.4 Å². The van der Waals surface area contributed by atoms with Crippen LogP contribution >= 0.6 is 0 Å². The van der Waals surface area contributed by atoms with E-state index in [0.717, 1.165) is 25.7 Å². The van der Waals surface area contributed by atoms with Gasteiger partial charge in [-0.15, -0.1) is 0 Å². The Bertz CT molecular complexity index is 407. The van der Waals surface area contributed by atoms with Gasteiger partial charge in [-0.05, 0) is 18.4 Å². The number of methoxy groups -OCH3 is 1. The Labute approximate surface area is 120 Å². The highest BCUT2D eigenvalue weighted by Gasteiger charge is 2.27. The minimum absolute atomic E-state index is 0.0623. The summed E-state index contributed by atoms with van der Waals surface area (Å²) in [5, 5.41) is 3.02. The van der Waals surface area contributed by atoms with E-state index >= 15 is 0 Å². The zero-order valence-electron chi connectivity index (χ0n) is 12.0. The van der Waals surface area contributed by atoms with Crippen LogP contribution in [0, 0.1) is 0 Å². The van der Waals surface area contributed by atoms with Crippen LogP contribution in [0.4, 0.5) is 0 Å². The van der Waals surface area contributed by atoms with Crippen molar-refractivity contribution in [1.29, 1.82) is 0 Å². The van der Waals surface area contributed by atoms with Crippen LogP contribution in [0.25, 0.3) is 0 Å². The number of hydrogen-bond donors (Lipinski definition) is 1. The molecule has 1 N–H and O–H groups in total. The summed E-state index contributed by atoms with van der Waals surface area (Å²) in [7, 11) is 1.53. The van der Waals surface area contributed by atoms with Gasteiger partial charge in [-0.25, -0.2) is 0 Å². The van der Waals surface area contributed by atoms with Gasteiger partial charge < -0.3 is 14.8 Å². The fourth-order valence-corrected chi connectivity index (χ4v) is 2.62. The van der Waals surface area contributed by atoms with Crippen LogP contribution in [-0.2, 0) is 20.9 Å². The Hall–Kier alpha value is -1.39. The molecule has 1 fully saturated rings. The zero-order chi connectivity index (χ0) is 14.2. The second-order valence-electron chi connectivity index (χ2n) is 5.23. The first kappa shape index (κ1) is 15.0. The number of carbonyl (C=O) groups excluding carboxylic acids is 1. The molecule has 4 nitrogen and oxygen atoms in total. The van der Waals surface area contributed by atoms with Crippen LogP contribution in [0.5, 0.6) is 0 Å². The van der Waals surface area contributed by atoms with Crippen molar-refractivity contribution in [3.8, 4) is 0 Å². The van der Waals surface area contributed by atoms with Gasteiger partial charge in [0.15, 0.2) is 0 Å². The van der Waals surface area contributed by atoms with E-state index < -0.39 is 0 Å². The van der Waals surface area contributed by atoms with E-state index in [4.69, 9.17) is 9.47 Å². The maximum absolute atomic E-state index is 11.6. The number of hydrogen-bond acceptors (Lipinski definition) is 3. The molecule has 0 heterocycles. The molecule has 1 aromatic rings. The first-order valence-electron chi connectivity index (χ1n) is 7.23. The number of ether oxygens (including phenoxy) is 2. The fourth-order valence-electron chi connectivity index (χ4n) is 2.62. The molecule has 0 aromatic heterocycles. The summed E-state index contributed by atoms with van der Waals surface area (Å²) in [4.78, 5) is 11.6. The first-order chi connectivity index (χ1) is 9.79. The summed E-state index contributed by atoms with van der Waals surface area (Å²) in [6.45, 7) is 0.712. The summed E-state index contributed by atoms with van der Waals surface area (Å²) in [5.41, 5.74) is 1.17. The SMILES string of the molecule is COCC(=O)N[C@@H]1CCCC[C@H]1OCc1ccccc1. The van der Waals surface area contributed by atoms with Crippen molar-refractivity contribution in [3.63, 3.8) is 0 Å². The first-order valence-corrected chi connectivity index (χ1v) is 7.23. The Kier molecular flexibility index (Phi) is 6.02. The largest absolute Gasteiger partial charge is 0.375 e. The summed E-state index contributed by atoms with van der Waals surface area (Å²) in [6, 6.07) is 10.2. The minimum Gasteiger partial charge on any atom is -0.375 e. The number of carbonyl (C=O) groups is 1. The highest BCUT2D eigenvalue weighted by molar-refractivity contribution is 5.77. The molecule has 1 saturated carbocycles. The number of amides is 1. The Morgan fingerprint density at radius 3 is 2.75 bits per heavy atom. The fraction of sp³-hybridized carbons (Fsp3) is 0.562. The molecule has 1 aliphatic rings. The quantitative estimate of drug-likeness (QED) is 0.867. The lowest BCUT2D eigenvalue weighted by atomic mass is 9.92. The van der Waals surface area contributed by atoms with Gasteiger partial charge in [-0.1, -0.05) is 43.2 Å². The third-order valence-electron chi connectivity index (χ3n) is 3.63. The standard InChI is InChI=1S/C16H23NO3/c1-19-12-16(18)17-14-9-5-6-10-15(14)20-11-13-7-3-2-4-8-13/h2-4,7-8,14-15H,5-6,9-12H2,1H3,(H,17,18)/t14-,15-/m1/s1. The minimum atomic E-state index is -0.0623. The second kappa shape index (κ2) is 8.02. The van der Waals surface area contributed by atoms with E-state index in [1.807, 2.05) is 18.2 Å². The van der Waals surface area contributed by atoms with Gasteiger partial charge in [-0.2, -0.15) is 0 Å². The third-order valence-corrected chi connectivity index (χ3v) is 3.63. The van der Waals surface area contributed by atoms with Crippen LogP contribution in [0.1, 0.15) is 31.2 Å². The van der Waals surface area contributed by atoms with Crippen LogP contribution in [0.2, 0.25) is 0 Å². The van der Waals surface area contributed by atoms with E-state index in [1.165, 1.54) is 12.7 Å². The molecule has 1 amide bonds. The summed E-state index contributed by atoms with van der Waals surface area (Å²) in [6.07, 6.45) is 4.39. The van der Waals surface area contributed by atoms with Gasteiger partial charge >= 0.3 is 0 Å². The molecule has 1 aliphatic carbocycles. The molecule has 20 heavy (non-hydrogen) atoms. The molecule has 0 aliphatic heterocycles. The van der Waals surface area contributed by atoms with E-state index in [1.54, 1.807) is 0 Å².